The lowest BCUT2D eigenvalue weighted by molar-refractivity contribution is -0.159. The van der Waals surface area contributed by atoms with E-state index in [0.717, 1.165) is 25.7 Å². The molecule has 0 aromatic heterocycles. The molecule has 1 saturated heterocycles. The van der Waals surface area contributed by atoms with E-state index >= 15 is 0 Å². The van der Waals surface area contributed by atoms with Crippen LogP contribution in [0.4, 0.5) is 5.69 Å². The average Bonchev–Trinajstić information content (AvgIpc) is 3.44. The molecule has 0 radical (unpaired) electrons. The van der Waals surface area contributed by atoms with E-state index in [1.165, 1.54) is 5.01 Å². The number of amides is 3. The first kappa shape index (κ1) is 22.0. The number of rotatable bonds is 9. The van der Waals surface area contributed by atoms with Crippen molar-refractivity contribution < 1.29 is 24.3 Å². The van der Waals surface area contributed by atoms with Gasteiger partial charge in [0.05, 0.1) is 19.6 Å². The fourth-order valence-electron chi connectivity index (χ4n) is 4.33. The van der Waals surface area contributed by atoms with E-state index in [-0.39, 0.29) is 18.4 Å². The van der Waals surface area contributed by atoms with Crippen molar-refractivity contribution in [1.82, 2.24) is 15.5 Å². The summed E-state index contributed by atoms with van der Waals surface area (Å²) in [6.07, 6.45) is 5.73. The molecule has 9 nitrogen and oxygen atoms in total. The molecular formula is C21H30N4O5. The number of carbonyl (C=O) groups excluding carboxylic acids is 3. The lowest BCUT2D eigenvalue weighted by atomic mass is 9.92. The Morgan fingerprint density at radius 1 is 1.37 bits per heavy atom. The van der Waals surface area contributed by atoms with Gasteiger partial charge in [0.1, 0.15) is 11.8 Å². The summed E-state index contributed by atoms with van der Waals surface area (Å²) in [5, 5.41) is 14.4. The van der Waals surface area contributed by atoms with Crippen LogP contribution in [0.25, 0.3) is 0 Å². The first-order valence-corrected chi connectivity index (χ1v) is 10.4. The number of hydrazine groups is 1. The number of hydroxylamine groups is 2. The second kappa shape index (κ2) is 10.4. The van der Waals surface area contributed by atoms with Gasteiger partial charge in [0.25, 0.3) is 0 Å². The van der Waals surface area contributed by atoms with Gasteiger partial charge in [0, 0.05) is 18.3 Å². The molecule has 164 valence electrons. The van der Waals surface area contributed by atoms with Crippen LogP contribution in [0.2, 0.25) is 0 Å². The molecule has 3 rings (SSSR count). The van der Waals surface area contributed by atoms with Crippen molar-refractivity contribution in [2.75, 3.05) is 25.5 Å². The summed E-state index contributed by atoms with van der Waals surface area (Å²) < 4.78 is 5.18. The molecule has 1 aromatic rings. The molecular weight excluding hydrogens is 388 g/mol. The standard InChI is InChI=1S/C21H30N4O5/c1-30-18-8-4-7-17(12-18)23-20(27)19-9-10-22-25(19)21(28)16(13-24(29)14-26)11-15-5-2-3-6-15/h4,7-8,12,14-16,19,22,29H,2-3,5-6,9-11,13H2,1H3,(H,23,27). The third kappa shape index (κ3) is 5.48. The van der Waals surface area contributed by atoms with Crippen molar-refractivity contribution in [2.45, 2.75) is 44.6 Å². The van der Waals surface area contributed by atoms with Crippen molar-refractivity contribution >= 4 is 23.9 Å². The van der Waals surface area contributed by atoms with Gasteiger partial charge in [-0.05, 0) is 30.9 Å². The SMILES string of the molecule is COc1cccc(NC(=O)C2CCNN2C(=O)C(CC2CCCC2)CN(O)C=O)c1. The van der Waals surface area contributed by atoms with E-state index in [1.807, 2.05) is 0 Å². The Balaban J connectivity index is 1.69. The van der Waals surface area contributed by atoms with Crippen molar-refractivity contribution in [3.63, 3.8) is 0 Å². The molecule has 1 aromatic carbocycles. The highest BCUT2D eigenvalue weighted by Crippen LogP contribution is 2.31. The zero-order chi connectivity index (χ0) is 21.5. The Morgan fingerprint density at radius 2 is 2.13 bits per heavy atom. The van der Waals surface area contributed by atoms with Gasteiger partial charge in [0.15, 0.2) is 0 Å². The first-order chi connectivity index (χ1) is 14.5. The molecule has 1 aliphatic heterocycles. The second-order valence-electron chi connectivity index (χ2n) is 7.95. The molecule has 3 N–H and O–H groups in total. The number of hydrogen-bond donors (Lipinski definition) is 3. The van der Waals surface area contributed by atoms with Gasteiger partial charge in [-0.2, -0.15) is 0 Å². The Kier molecular flexibility index (Phi) is 7.64. The molecule has 2 unspecified atom stereocenters. The van der Waals surface area contributed by atoms with Gasteiger partial charge < -0.3 is 10.1 Å². The van der Waals surface area contributed by atoms with Gasteiger partial charge in [-0.1, -0.05) is 31.7 Å². The Labute approximate surface area is 176 Å². The van der Waals surface area contributed by atoms with Gasteiger partial charge >= 0.3 is 0 Å². The van der Waals surface area contributed by atoms with E-state index in [4.69, 9.17) is 4.74 Å². The molecule has 0 bridgehead atoms. The largest absolute Gasteiger partial charge is 0.497 e. The van der Waals surface area contributed by atoms with Crippen LogP contribution in [-0.2, 0) is 14.4 Å². The van der Waals surface area contributed by atoms with E-state index in [9.17, 15) is 19.6 Å². The average molecular weight is 418 g/mol. The Morgan fingerprint density at radius 3 is 2.83 bits per heavy atom. The number of ether oxygens (including phenoxy) is 1. The van der Waals surface area contributed by atoms with Gasteiger partial charge in [-0.15, -0.1) is 0 Å². The minimum absolute atomic E-state index is 0.0821. The van der Waals surface area contributed by atoms with Crippen molar-refractivity contribution in [3.05, 3.63) is 24.3 Å². The van der Waals surface area contributed by atoms with E-state index in [1.54, 1.807) is 31.4 Å². The molecule has 1 saturated carbocycles. The lowest BCUT2D eigenvalue weighted by Gasteiger charge is -2.30. The summed E-state index contributed by atoms with van der Waals surface area (Å²) in [4.78, 5) is 37.0. The number of hydrogen-bond acceptors (Lipinski definition) is 6. The summed E-state index contributed by atoms with van der Waals surface area (Å²) in [6, 6.07) is 6.36. The smallest absolute Gasteiger partial charge is 0.248 e. The predicted molar refractivity (Wildman–Crippen MR) is 109 cm³/mol. The molecule has 30 heavy (non-hydrogen) atoms. The number of methoxy groups -OCH3 is 1. The number of carbonyl (C=O) groups is 3. The number of anilines is 1. The molecule has 2 aliphatic rings. The van der Waals surface area contributed by atoms with Crippen molar-refractivity contribution in [2.24, 2.45) is 11.8 Å². The summed E-state index contributed by atoms with van der Waals surface area (Å²) in [5.74, 6) is -0.117. The second-order valence-corrected chi connectivity index (χ2v) is 7.95. The van der Waals surface area contributed by atoms with E-state index < -0.39 is 12.0 Å². The molecule has 1 aliphatic carbocycles. The monoisotopic (exact) mass is 418 g/mol. The summed E-state index contributed by atoms with van der Waals surface area (Å²) >= 11 is 0. The highest BCUT2D eigenvalue weighted by atomic mass is 16.5. The molecule has 0 spiro atoms. The zero-order valence-electron chi connectivity index (χ0n) is 17.3. The molecule has 1 heterocycles. The maximum atomic E-state index is 13.3. The predicted octanol–water partition coefficient (Wildman–Crippen LogP) is 1.78. The number of nitrogens with zero attached hydrogens (tertiary/aromatic N) is 2. The van der Waals surface area contributed by atoms with Crippen LogP contribution in [0.5, 0.6) is 5.75 Å². The number of benzene rings is 1. The molecule has 3 amide bonds. The fraction of sp³-hybridized carbons (Fsp3) is 0.571. The third-order valence-electron chi connectivity index (χ3n) is 5.86. The van der Waals surface area contributed by atoms with Crippen LogP contribution in [0.1, 0.15) is 38.5 Å². The van der Waals surface area contributed by atoms with Crippen molar-refractivity contribution in [3.8, 4) is 5.75 Å². The molecule has 2 fully saturated rings. The van der Waals surface area contributed by atoms with E-state index in [0.29, 0.717) is 48.2 Å². The Hall–Kier alpha value is -2.65. The van der Waals surface area contributed by atoms with Crippen LogP contribution < -0.4 is 15.5 Å². The maximum absolute atomic E-state index is 13.3. The Bertz CT molecular complexity index is 753. The zero-order valence-corrected chi connectivity index (χ0v) is 17.3. The quantitative estimate of drug-likeness (QED) is 0.320. The minimum Gasteiger partial charge on any atom is -0.497 e. The fourth-order valence-corrected chi connectivity index (χ4v) is 4.33. The van der Waals surface area contributed by atoms with Crippen LogP contribution >= 0.6 is 0 Å². The maximum Gasteiger partial charge on any atom is 0.248 e. The first-order valence-electron chi connectivity index (χ1n) is 10.4. The third-order valence-corrected chi connectivity index (χ3v) is 5.86. The normalized spacial score (nSPS) is 20.1. The van der Waals surface area contributed by atoms with Crippen LogP contribution in [0.3, 0.4) is 0 Å². The summed E-state index contributed by atoms with van der Waals surface area (Å²) in [6.45, 7) is 0.413. The van der Waals surface area contributed by atoms with Crippen LogP contribution in [0.15, 0.2) is 24.3 Å². The summed E-state index contributed by atoms with van der Waals surface area (Å²) in [7, 11) is 1.55. The lowest BCUT2D eigenvalue weighted by Crippen LogP contribution is -2.51. The van der Waals surface area contributed by atoms with Crippen LogP contribution in [-0.4, -0.2) is 59.7 Å². The number of nitrogens with one attached hydrogen (secondary N) is 2. The molecule has 9 heteroatoms. The minimum atomic E-state index is -0.668. The molecule has 2 atom stereocenters. The van der Waals surface area contributed by atoms with E-state index in [2.05, 4.69) is 10.7 Å². The van der Waals surface area contributed by atoms with Gasteiger partial charge in [-0.3, -0.25) is 24.6 Å². The van der Waals surface area contributed by atoms with Crippen LogP contribution in [0, 0.1) is 11.8 Å². The topological polar surface area (TPSA) is 111 Å². The van der Waals surface area contributed by atoms with Gasteiger partial charge in [-0.25, -0.2) is 10.5 Å². The van der Waals surface area contributed by atoms with Gasteiger partial charge in [0.2, 0.25) is 18.2 Å². The summed E-state index contributed by atoms with van der Waals surface area (Å²) in [5.41, 5.74) is 3.59. The van der Waals surface area contributed by atoms with Crippen molar-refractivity contribution in [1.29, 1.82) is 0 Å². The highest BCUT2D eigenvalue weighted by molar-refractivity contribution is 5.97. The highest BCUT2D eigenvalue weighted by Gasteiger charge is 2.39.